The summed E-state index contributed by atoms with van der Waals surface area (Å²) in [6, 6.07) is 6.78. The Morgan fingerprint density at radius 2 is 2.24 bits per heavy atom. The molecule has 0 spiro atoms. The van der Waals surface area contributed by atoms with Crippen molar-refractivity contribution in [2.24, 2.45) is 7.05 Å². The number of ether oxygens (including phenoxy) is 1. The van der Waals surface area contributed by atoms with Crippen LogP contribution >= 0.6 is 0 Å². The maximum Gasteiger partial charge on any atom is 0.173 e. The van der Waals surface area contributed by atoms with E-state index in [1.165, 1.54) is 18.4 Å². The van der Waals surface area contributed by atoms with Crippen LogP contribution in [0.1, 0.15) is 50.2 Å². The zero-order valence-electron chi connectivity index (χ0n) is 19.8. The lowest BCUT2D eigenvalue weighted by atomic mass is 9.99. The Kier molecular flexibility index (Phi) is 7.79. The fourth-order valence-electron chi connectivity index (χ4n) is 4.52. The van der Waals surface area contributed by atoms with Crippen LogP contribution in [0.15, 0.2) is 36.8 Å². The van der Waals surface area contributed by atoms with E-state index in [9.17, 15) is 0 Å². The molecular formula is C26H35N6O+. The van der Waals surface area contributed by atoms with Crippen molar-refractivity contribution in [3.05, 3.63) is 47.9 Å². The average Bonchev–Trinajstić information content (AvgIpc) is 3.26. The molecule has 1 unspecified atom stereocenters. The minimum Gasteiger partial charge on any atom is -0.380 e. The molecular weight excluding hydrogens is 412 g/mol. The van der Waals surface area contributed by atoms with Crippen LogP contribution in [-0.2, 0) is 24.8 Å². The van der Waals surface area contributed by atoms with Gasteiger partial charge in [0.05, 0.1) is 12.8 Å². The van der Waals surface area contributed by atoms with Crippen LogP contribution in [0.5, 0.6) is 0 Å². The first-order chi connectivity index (χ1) is 16.2. The maximum atomic E-state index is 5.76. The standard InChI is InChI=1S/C26H35N6O/c1-4-6-15-33-16-12-23-11-7-8-14-31(23)25-17-24(27-18-21-10-9-13-30(3)20-21)32-26(29-25)22(5-2)19-28-32/h1,9-10,13,17,19-20,23,27H,5-8,11-12,14-16,18H2,2-3H3/q+1. The van der Waals surface area contributed by atoms with Crippen molar-refractivity contribution in [2.75, 3.05) is 30.0 Å². The number of anilines is 2. The van der Waals surface area contributed by atoms with Crippen molar-refractivity contribution in [3.63, 3.8) is 0 Å². The van der Waals surface area contributed by atoms with Gasteiger partial charge in [0.25, 0.3) is 0 Å². The summed E-state index contributed by atoms with van der Waals surface area (Å²) in [4.78, 5) is 7.55. The molecule has 3 aromatic rings. The van der Waals surface area contributed by atoms with Crippen molar-refractivity contribution >= 4 is 17.3 Å². The molecule has 7 heteroatoms. The molecule has 0 bridgehead atoms. The smallest absolute Gasteiger partial charge is 0.173 e. The number of hydrogen-bond acceptors (Lipinski definition) is 5. The molecule has 1 aliphatic heterocycles. The minimum atomic E-state index is 0.425. The van der Waals surface area contributed by atoms with Gasteiger partial charge in [0, 0.05) is 55.4 Å². The number of pyridine rings is 1. The van der Waals surface area contributed by atoms with Crippen molar-refractivity contribution in [1.82, 2.24) is 14.6 Å². The Balaban J connectivity index is 1.58. The van der Waals surface area contributed by atoms with Crippen molar-refractivity contribution in [1.29, 1.82) is 0 Å². The lowest BCUT2D eigenvalue weighted by molar-refractivity contribution is -0.671. The molecule has 174 valence electrons. The third kappa shape index (κ3) is 5.63. The van der Waals surface area contributed by atoms with E-state index in [0.717, 1.165) is 61.8 Å². The van der Waals surface area contributed by atoms with Gasteiger partial charge in [-0.25, -0.2) is 9.55 Å². The molecule has 4 rings (SSSR count). The average molecular weight is 448 g/mol. The van der Waals surface area contributed by atoms with E-state index < -0.39 is 0 Å². The van der Waals surface area contributed by atoms with Crippen LogP contribution in [0.3, 0.4) is 0 Å². The van der Waals surface area contributed by atoms with E-state index in [1.54, 1.807) is 0 Å². The normalized spacial score (nSPS) is 16.2. The first kappa shape index (κ1) is 23.1. The van der Waals surface area contributed by atoms with Gasteiger partial charge in [-0.05, 0) is 38.2 Å². The fourth-order valence-corrected chi connectivity index (χ4v) is 4.52. The largest absolute Gasteiger partial charge is 0.380 e. The number of aromatic nitrogens is 4. The maximum absolute atomic E-state index is 5.76. The first-order valence-electron chi connectivity index (χ1n) is 12.0. The van der Waals surface area contributed by atoms with Crippen LogP contribution in [0.4, 0.5) is 11.6 Å². The number of nitrogens with one attached hydrogen (secondary N) is 1. The van der Waals surface area contributed by atoms with Crippen molar-refractivity contribution < 1.29 is 9.30 Å². The zero-order valence-corrected chi connectivity index (χ0v) is 19.8. The highest BCUT2D eigenvalue weighted by Gasteiger charge is 2.25. The summed E-state index contributed by atoms with van der Waals surface area (Å²) in [5.74, 6) is 4.63. The highest BCUT2D eigenvalue weighted by molar-refractivity contribution is 5.61. The van der Waals surface area contributed by atoms with Gasteiger partial charge in [-0.3, -0.25) is 0 Å². The number of fused-ring (bicyclic) bond motifs is 1. The third-order valence-corrected chi connectivity index (χ3v) is 6.29. The van der Waals surface area contributed by atoms with Gasteiger partial charge in [-0.1, -0.05) is 6.92 Å². The quantitative estimate of drug-likeness (QED) is 0.293. The highest BCUT2D eigenvalue weighted by Crippen LogP contribution is 2.29. The van der Waals surface area contributed by atoms with Gasteiger partial charge in [-0.2, -0.15) is 9.61 Å². The molecule has 0 radical (unpaired) electrons. The number of aryl methyl sites for hydroxylation is 2. The summed E-state index contributed by atoms with van der Waals surface area (Å²) < 4.78 is 9.76. The van der Waals surface area contributed by atoms with Crippen molar-refractivity contribution in [3.8, 4) is 12.3 Å². The number of hydrogen-bond donors (Lipinski definition) is 1. The Morgan fingerprint density at radius 3 is 3.06 bits per heavy atom. The minimum absolute atomic E-state index is 0.425. The zero-order chi connectivity index (χ0) is 23.0. The molecule has 3 aromatic heterocycles. The Bertz CT molecular complexity index is 1100. The van der Waals surface area contributed by atoms with Crippen LogP contribution in [0.2, 0.25) is 0 Å². The van der Waals surface area contributed by atoms with Crippen molar-refractivity contribution in [2.45, 2.75) is 58.0 Å². The molecule has 1 saturated heterocycles. The summed E-state index contributed by atoms with van der Waals surface area (Å²) in [6.45, 7) is 5.25. The Hall–Kier alpha value is -3.11. The summed E-state index contributed by atoms with van der Waals surface area (Å²) in [7, 11) is 2.04. The van der Waals surface area contributed by atoms with E-state index in [1.807, 2.05) is 24.0 Å². The molecule has 7 nitrogen and oxygen atoms in total. The SMILES string of the molecule is C#CCCOCCC1CCCCN1c1cc(NCc2ccc[n+](C)c2)n2ncc(CC)c2n1. The lowest BCUT2D eigenvalue weighted by Crippen LogP contribution is -2.41. The molecule has 0 aromatic carbocycles. The van der Waals surface area contributed by atoms with Gasteiger partial charge in [0.2, 0.25) is 0 Å². The van der Waals surface area contributed by atoms with Gasteiger partial charge in [0.1, 0.15) is 18.7 Å². The molecule has 0 aliphatic carbocycles. The molecule has 1 atom stereocenters. The number of rotatable bonds is 10. The molecule has 4 heterocycles. The predicted octanol–water partition coefficient (Wildman–Crippen LogP) is 3.52. The van der Waals surface area contributed by atoms with E-state index in [2.05, 4.69) is 57.1 Å². The lowest BCUT2D eigenvalue weighted by Gasteiger charge is -2.37. The van der Waals surface area contributed by atoms with E-state index in [0.29, 0.717) is 19.1 Å². The summed E-state index contributed by atoms with van der Waals surface area (Å²) in [6.07, 6.45) is 17.6. The van der Waals surface area contributed by atoms with E-state index >= 15 is 0 Å². The summed E-state index contributed by atoms with van der Waals surface area (Å²) in [5, 5.41) is 8.24. The predicted molar refractivity (Wildman–Crippen MR) is 131 cm³/mol. The Morgan fingerprint density at radius 1 is 1.33 bits per heavy atom. The Labute approximate surface area is 196 Å². The molecule has 1 aliphatic rings. The molecule has 1 fully saturated rings. The molecule has 1 N–H and O–H groups in total. The molecule has 33 heavy (non-hydrogen) atoms. The topological polar surface area (TPSA) is 58.6 Å². The van der Waals surface area contributed by atoms with Gasteiger partial charge in [-0.15, -0.1) is 12.3 Å². The third-order valence-electron chi connectivity index (χ3n) is 6.29. The van der Waals surface area contributed by atoms with Crippen LogP contribution < -0.4 is 14.8 Å². The van der Waals surface area contributed by atoms with Gasteiger partial charge in [0.15, 0.2) is 18.0 Å². The fraction of sp³-hybridized carbons (Fsp3) is 0.500. The number of nitrogens with zero attached hydrogens (tertiary/aromatic N) is 5. The second-order valence-corrected chi connectivity index (χ2v) is 8.69. The van der Waals surface area contributed by atoms with E-state index in [-0.39, 0.29) is 0 Å². The highest BCUT2D eigenvalue weighted by atomic mass is 16.5. The molecule has 0 amide bonds. The van der Waals surface area contributed by atoms with Crippen LogP contribution in [0.25, 0.3) is 5.65 Å². The summed E-state index contributed by atoms with van der Waals surface area (Å²) in [5.41, 5.74) is 3.32. The first-order valence-corrected chi connectivity index (χ1v) is 12.0. The van der Waals surface area contributed by atoms with Gasteiger partial charge < -0.3 is 15.0 Å². The van der Waals surface area contributed by atoms with Crippen LogP contribution in [0, 0.1) is 12.3 Å². The second-order valence-electron chi connectivity index (χ2n) is 8.69. The molecule has 0 saturated carbocycles. The monoisotopic (exact) mass is 447 g/mol. The number of terminal acetylenes is 1. The number of piperidine rings is 1. The van der Waals surface area contributed by atoms with E-state index in [4.69, 9.17) is 16.1 Å². The van der Waals surface area contributed by atoms with Crippen LogP contribution in [-0.4, -0.2) is 40.4 Å². The van der Waals surface area contributed by atoms with Gasteiger partial charge >= 0.3 is 0 Å². The second kappa shape index (κ2) is 11.2. The summed E-state index contributed by atoms with van der Waals surface area (Å²) >= 11 is 0.